The Balaban J connectivity index is 3.61. The zero-order valence-corrected chi connectivity index (χ0v) is 25.7. The summed E-state index contributed by atoms with van der Waals surface area (Å²) in [5.74, 6) is -0.241. The standard InChI is InChI=1S/C31H53N3O4/c1-12-13-18-32-28(35)27(25-17-15-22(6)23(7)19-25)34(24(8)16-14-20(2)3)29(36)26(21(4)5)33-30(37)38-31(9,10)11/h15,17,19-21,24,26-27H,12-14,16,18H2,1-11H3,(H,32,35)(H,33,37). The third kappa shape index (κ3) is 10.7. The number of hydrogen-bond acceptors (Lipinski definition) is 4. The quantitative estimate of drug-likeness (QED) is 0.286. The van der Waals surface area contributed by atoms with Crippen LogP contribution in [0.2, 0.25) is 0 Å². The molecule has 1 aromatic carbocycles. The second-order valence-electron chi connectivity index (χ2n) is 12.3. The van der Waals surface area contributed by atoms with Crippen LogP contribution >= 0.6 is 0 Å². The van der Waals surface area contributed by atoms with Gasteiger partial charge in [-0.25, -0.2) is 4.79 Å². The van der Waals surface area contributed by atoms with E-state index in [9.17, 15) is 14.4 Å². The molecule has 1 aromatic rings. The predicted octanol–water partition coefficient (Wildman–Crippen LogP) is 6.46. The van der Waals surface area contributed by atoms with E-state index in [0.29, 0.717) is 12.5 Å². The van der Waals surface area contributed by atoms with Crippen molar-refractivity contribution in [1.29, 1.82) is 0 Å². The van der Waals surface area contributed by atoms with E-state index in [4.69, 9.17) is 4.74 Å². The van der Waals surface area contributed by atoms with E-state index in [2.05, 4.69) is 31.4 Å². The molecule has 0 saturated heterocycles. The highest BCUT2D eigenvalue weighted by molar-refractivity contribution is 5.92. The number of unbranched alkanes of at least 4 members (excludes halogenated alkanes) is 1. The summed E-state index contributed by atoms with van der Waals surface area (Å²) in [6.45, 7) is 22.1. The first-order chi connectivity index (χ1) is 17.6. The van der Waals surface area contributed by atoms with Gasteiger partial charge in [0.05, 0.1) is 0 Å². The van der Waals surface area contributed by atoms with Crippen molar-refractivity contribution in [2.24, 2.45) is 11.8 Å². The number of hydrogen-bond donors (Lipinski definition) is 2. The van der Waals surface area contributed by atoms with E-state index >= 15 is 0 Å². The molecule has 216 valence electrons. The molecule has 0 heterocycles. The third-order valence-corrected chi connectivity index (χ3v) is 6.70. The van der Waals surface area contributed by atoms with Gasteiger partial charge >= 0.3 is 6.09 Å². The molecule has 3 atom stereocenters. The summed E-state index contributed by atoms with van der Waals surface area (Å²) in [4.78, 5) is 42.6. The minimum Gasteiger partial charge on any atom is -0.444 e. The fourth-order valence-corrected chi connectivity index (χ4v) is 4.28. The Kier molecular flexibility index (Phi) is 13.3. The molecule has 0 aromatic heterocycles. The van der Waals surface area contributed by atoms with Crippen molar-refractivity contribution in [3.63, 3.8) is 0 Å². The number of aryl methyl sites for hydroxylation is 2. The van der Waals surface area contributed by atoms with Crippen LogP contribution < -0.4 is 10.6 Å². The summed E-state index contributed by atoms with van der Waals surface area (Å²) in [6, 6.07) is 4.05. The van der Waals surface area contributed by atoms with E-state index in [1.165, 1.54) is 0 Å². The van der Waals surface area contributed by atoms with Crippen molar-refractivity contribution in [2.45, 2.75) is 126 Å². The Bertz CT molecular complexity index is 920. The Morgan fingerprint density at radius 1 is 0.974 bits per heavy atom. The Morgan fingerprint density at radius 2 is 1.61 bits per heavy atom. The lowest BCUT2D eigenvalue weighted by atomic mass is 9.93. The number of nitrogens with zero attached hydrogens (tertiary/aromatic N) is 1. The van der Waals surface area contributed by atoms with Gasteiger partial charge in [0.15, 0.2) is 0 Å². The van der Waals surface area contributed by atoms with Gasteiger partial charge < -0.3 is 20.3 Å². The van der Waals surface area contributed by atoms with Crippen molar-refractivity contribution in [1.82, 2.24) is 15.5 Å². The molecule has 3 amide bonds. The van der Waals surface area contributed by atoms with Gasteiger partial charge in [-0.1, -0.05) is 59.2 Å². The van der Waals surface area contributed by atoms with Crippen LogP contribution in [0.4, 0.5) is 4.79 Å². The maximum atomic E-state index is 14.3. The van der Waals surface area contributed by atoms with E-state index < -0.39 is 23.8 Å². The molecular weight excluding hydrogens is 478 g/mol. The number of carbonyl (C=O) groups excluding carboxylic acids is 3. The third-order valence-electron chi connectivity index (χ3n) is 6.70. The molecule has 38 heavy (non-hydrogen) atoms. The van der Waals surface area contributed by atoms with Crippen LogP contribution in [0.1, 0.15) is 111 Å². The van der Waals surface area contributed by atoms with Gasteiger partial charge in [-0.2, -0.15) is 0 Å². The summed E-state index contributed by atoms with van der Waals surface area (Å²) < 4.78 is 5.47. The molecule has 0 aliphatic rings. The van der Waals surface area contributed by atoms with Gasteiger partial charge in [-0.3, -0.25) is 9.59 Å². The van der Waals surface area contributed by atoms with Gasteiger partial charge in [0, 0.05) is 12.6 Å². The first-order valence-corrected chi connectivity index (χ1v) is 14.3. The predicted molar refractivity (Wildman–Crippen MR) is 155 cm³/mol. The van der Waals surface area contributed by atoms with Crippen LogP contribution in [0.5, 0.6) is 0 Å². The van der Waals surface area contributed by atoms with Crippen LogP contribution in [-0.2, 0) is 14.3 Å². The summed E-state index contributed by atoms with van der Waals surface area (Å²) in [7, 11) is 0. The molecule has 0 spiro atoms. The molecule has 7 heteroatoms. The zero-order valence-electron chi connectivity index (χ0n) is 25.7. The first-order valence-electron chi connectivity index (χ1n) is 14.3. The van der Waals surface area contributed by atoms with E-state index in [-0.39, 0.29) is 23.8 Å². The summed E-state index contributed by atoms with van der Waals surface area (Å²) >= 11 is 0. The number of rotatable bonds is 13. The summed E-state index contributed by atoms with van der Waals surface area (Å²) in [5, 5.41) is 5.87. The maximum absolute atomic E-state index is 14.3. The van der Waals surface area contributed by atoms with Crippen LogP contribution in [0.15, 0.2) is 18.2 Å². The minimum absolute atomic E-state index is 0.203. The van der Waals surface area contributed by atoms with Crippen molar-refractivity contribution in [3.05, 3.63) is 34.9 Å². The Hall–Kier alpha value is -2.57. The second kappa shape index (κ2) is 15.1. The van der Waals surface area contributed by atoms with Gasteiger partial charge in [0.25, 0.3) is 0 Å². The number of nitrogens with one attached hydrogen (secondary N) is 2. The zero-order chi connectivity index (χ0) is 29.2. The van der Waals surface area contributed by atoms with Crippen LogP contribution in [0.3, 0.4) is 0 Å². The van der Waals surface area contributed by atoms with E-state index in [0.717, 1.165) is 42.4 Å². The molecule has 0 aliphatic carbocycles. The highest BCUT2D eigenvalue weighted by atomic mass is 16.6. The Morgan fingerprint density at radius 3 is 2.11 bits per heavy atom. The smallest absolute Gasteiger partial charge is 0.408 e. The summed E-state index contributed by atoms with van der Waals surface area (Å²) in [6.07, 6.45) is 2.82. The topological polar surface area (TPSA) is 87.7 Å². The fourth-order valence-electron chi connectivity index (χ4n) is 4.28. The minimum atomic E-state index is -0.844. The van der Waals surface area contributed by atoms with Gasteiger partial charge in [0.1, 0.15) is 17.7 Å². The second-order valence-corrected chi connectivity index (χ2v) is 12.3. The van der Waals surface area contributed by atoms with Crippen LogP contribution in [-0.4, -0.2) is 47.0 Å². The lowest BCUT2D eigenvalue weighted by Gasteiger charge is -2.39. The molecule has 0 fully saturated rings. The number of carbonyl (C=O) groups is 3. The monoisotopic (exact) mass is 531 g/mol. The largest absolute Gasteiger partial charge is 0.444 e. The van der Waals surface area contributed by atoms with Crippen molar-refractivity contribution >= 4 is 17.9 Å². The summed E-state index contributed by atoms with van der Waals surface area (Å²) in [5.41, 5.74) is 2.26. The SMILES string of the molecule is CCCCNC(=O)C(c1ccc(C)c(C)c1)N(C(=O)C(NC(=O)OC(C)(C)C)C(C)C)C(C)CCC(C)C. The molecule has 1 rings (SSSR count). The van der Waals surface area contributed by atoms with Gasteiger partial charge in [0.2, 0.25) is 11.8 Å². The van der Waals surface area contributed by atoms with Gasteiger partial charge in [-0.15, -0.1) is 0 Å². The van der Waals surface area contributed by atoms with Crippen molar-refractivity contribution < 1.29 is 19.1 Å². The number of benzene rings is 1. The van der Waals surface area contributed by atoms with Crippen LogP contribution in [0.25, 0.3) is 0 Å². The van der Waals surface area contributed by atoms with Gasteiger partial charge in [-0.05, 0) is 89.3 Å². The highest BCUT2D eigenvalue weighted by Gasteiger charge is 2.39. The van der Waals surface area contributed by atoms with Crippen LogP contribution in [0, 0.1) is 25.7 Å². The molecule has 0 bridgehead atoms. The van der Waals surface area contributed by atoms with Crippen molar-refractivity contribution in [2.75, 3.05) is 6.54 Å². The number of ether oxygens (including phenoxy) is 1. The normalized spacial score (nSPS) is 14.1. The lowest BCUT2D eigenvalue weighted by molar-refractivity contribution is -0.146. The first kappa shape index (κ1) is 33.5. The van der Waals surface area contributed by atoms with E-state index in [1.807, 2.05) is 52.8 Å². The highest BCUT2D eigenvalue weighted by Crippen LogP contribution is 2.29. The molecule has 7 nitrogen and oxygen atoms in total. The lowest BCUT2D eigenvalue weighted by Crippen LogP contribution is -2.57. The van der Waals surface area contributed by atoms with Crippen molar-refractivity contribution in [3.8, 4) is 0 Å². The molecule has 2 N–H and O–H groups in total. The van der Waals surface area contributed by atoms with E-state index in [1.54, 1.807) is 25.7 Å². The molecular formula is C31H53N3O4. The Labute approximate surface area is 231 Å². The molecule has 0 radical (unpaired) electrons. The fraction of sp³-hybridized carbons (Fsp3) is 0.710. The number of alkyl carbamates (subject to hydrolysis) is 1. The molecule has 0 aliphatic heterocycles. The average Bonchev–Trinajstić information content (AvgIpc) is 2.79. The maximum Gasteiger partial charge on any atom is 0.408 e. The molecule has 3 unspecified atom stereocenters. The average molecular weight is 532 g/mol. The number of amides is 3. The molecule has 0 saturated carbocycles.